The van der Waals surface area contributed by atoms with Gasteiger partial charge in [-0.3, -0.25) is 9.78 Å². The lowest BCUT2D eigenvalue weighted by molar-refractivity contribution is 0.239. The van der Waals surface area contributed by atoms with Gasteiger partial charge in [0.15, 0.2) is 6.61 Å². The molecule has 0 atom stereocenters. The SMILES string of the molecule is CCc1cc(=O)oc2nc(OCC#CCOC)[nH]c(=O)c12. The smallest absolute Gasteiger partial charge is 0.337 e. The highest BCUT2D eigenvalue weighted by Gasteiger charge is 2.11. The van der Waals surface area contributed by atoms with Crippen LogP contribution in [-0.4, -0.2) is 30.3 Å². The molecule has 1 N–H and O–H groups in total. The van der Waals surface area contributed by atoms with Crippen molar-refractivity contribution in [3.63, 3.8) is 0 Å². The average Bonchev–Trinajstić information content (AvgIpc) is 2.45. The van der Waals surface area contributed by atoms with Crippen LogP contribution < -0.4 is 15.9 Å². The number of aryl methyl sites for hydroxylation is 1. The third-order valence-corrected chi connectivity index (χ3v) is 2.68. The van der Waals surface area contributed by atoms with Gasteiger partial charge in [0.2, 0.25) is 5.71 Å². The van der Waals surface area contributed by atoms with E-state index >= 15 is 0 Å². The minimum atomic E-state index is -0.553. The summed E-state index contributed by atoms with van der Waals surface area (Å²) in [5.74, 6) is 5.38. The summed E-state index contributed by atoms with van der Waals surface area (Å²) in [4.78, 5) is 29.9. The molecule has 2 aromatic heterocycles. The summed E-state index contributed by atoms with van der Waals surface area (Å²) in [6, 6.07) is 1.24. The van der Waals surface area contributed by atoms with E-state index < -0.39 is 11.2 Å². The minimum absolute atomic E-state index is 0.0372. The fourth-order valence-corrected chi connectivity index (χ4v) is 1.75. The maximum Gasteiger partial charge on any atom is 0.337 e. The summed E-state index contributed by atoms with van der Waals surface area (Å²) >= 11 is 0. The number of rotatable bonds is 4. The molecule has 2 rings (SSSR count). The van der Waals surface area contributed by atoms with Crippen molar-refractivity contribution < 1.29 is 13.9 Å². The topological polar surface area (TPSA) is 94.4 Å². The van der Waals surface area contributed by atoms with Crippen molar-refractivity contribution in [3.8, 4) is 17.9 Å². The van der Waals surface area contributed by atoms with Gasteiger partial charge in [-0.25, -0.2) is 4.79 Å². The van der Waals surface area contributed by atoms with E-state index in [4.69, 9.17) is 13.9 Å². The molecule has 0 fully saturated rings. The number of nitrogens with zero attached hydrogens (tertiary/aromatic N) is 1. The summed E-state index contributed by atoms with van der Waals surface area (Å²) in [5, 5.41) is 0.259. The van der Waals surface area contributed by atoms with Crippen LogP contribution in [0.15, 0.2) is 20.1 Å². The predicted octanol–water partition coefficient (Wildman–Crippen LogP) is 0.467. The van der Waals surface area contributed by atoms with Gasteiger partial charge in [0, 0.05) is 13.2 Å². The first-order valence-electron chi connectivity index (χ1n) is 6.30. The summed E-state index contributed by atoms with van der Waals surface area (Å²) in [6.07, 6.45) is 0.523. The second-order valence-electron chi connectivity index (χ2n) is 4.07. The van der Waals surface area contributed by atoms with Gasteiger partial charge >= 0.3 is 11.6 Å². The molecule has 0 spiro atoms. The van der Waals surface area contributed by atoms with Gasteiger partial charge in [-0.05, 0) is 12.0 Å². The Morgan fingerprint density at radius 1 is 1.33 bits per heavy atom. The van der Waals surface area contributed by atoms with E-state index in [-0.39, 0.29) is 23.7 Å². The van der Waals surface area contributed by atoms with E-state index in [0.717, 1.165) is 0 Å². The van der Waals surface area contributed by atoms with E-state index in [2.05, 4.69) is 21.8 Å². The van der Waals surface area contributed by atoms with Crippen molar-refractivity contribution in [2.75, 3.05) is 20.3 Å². The number of H-pyrrole nitrogens is 1. The third kappa shape index (κ3) is 3.49. The van der Waals surface area contributed by atoms with Crippen molar-refractivity contribution in [3.05, 3.63) is 32.4 Å². The molecular formula is C14H14N2O5. The molecular weight excluding hydrogens is 276 g/mol. The molecule has 0 aliphatic rings. The highest BCUT2D eigenvalue weighted by atomic mass is 16.5. The fraction of sp³-hybridized carbons (Fsp3) is 0.357. The highest BCUT2D eigenvalue weighted by Crippen LogP contribution is 2.13. The average molecular weight is 290 g/mol. The molecule has 7 heteroatoms. The summed E-state index contributed by atoms with van der Waals surface area (Å²) < 4.78 is 14.9. The van der Waals surface area contributed by atoms with E-state index in [0.29, 0.717) is 18.6 Å². The monoisotopic (exact) mass is 290 g/mol. The molecule has 2 aromatic rings. The molecule has 0 radical (unpaired) electrons. The molecule has 0 aliphatic heterocycles. The van der Waals surface area contributed by atoms with E-state index in [1.165, 1.54) is 13.2 Å². The number of fused-ring (bicyclic) bond motifs is 1. The fourth-order valence-electron chi connectivity index (χ4n) is 1.75. The summed E-state index contributed by atoms with van der Waals surface area (Å²) in [6.45, 7) is 2.17. The van der Waals surface area contributed by atoms with Crippen LogP contribution in [0.2, 0.25) is 0 Å². The van der Waals surface area contributed by atoms with Gasteiger partial charge in [-0.1, -0.05) is 18.8 Å². The quantitative estimate of drug-likeness (QED) is 0.822. The molecule has 0 bridgehead atoms. The Morgan fingerprint density at radius 2 is 2.10 bits per heavy atom. The Balaban J connectivity index is 2.35. The first kappa shape index (κ1) is 14.8. The van der Waals surface area contributed by atoms with Crippen LogP contribution in [0.3, 0.4) is 0 Å². The lowest BCUT2D eigenvalue weighted by Crippen LogP contribution is -2.15. The van der Waals surface area contributed by atoms with Gasteiger partial charge in [-0.2, -0.15) is 4.98 Å². The summed E-state index contributed by atoms with van der Waals surface area (Å²) in [5.41, 5.74) is -0.423. The molecule has 110 valence electrons. The van der Waals surface area contributed by atoms with E-state index in [9.17, 15) is 9.59 Å². The largest absolute Gasteiger partial charge is 0.451 e. The molecule has 0 aliphatic carbocycles. The lowest BCUT2D eigenvalue weighted by atomic mass is 10.1. The van der Waals surface area contributed by atoms with E-state index in [1.807, 2.05) is 6.92 Å². The van der Waals surface area contributed by atoms with Crippen LogP contribution in [0.1, 0.15) is 12.5 Å². The predicted molar refractivity (Wildman–Crippen MR) is 75.4 cm³/mol. The van der Waals surface area contributed by atoms with Gasteiger partial charge in [-0.15, -0.1) is 0 Å². The Bertz CT molecular complexity index is 810. The Kier molecular flexibility index (Phi) is 4.74. The van der Waals surface area contributed by atoms with Gasteiger partial charge in [0.25, 0.3) is 5.56 Å². The molecule has 0 amide bonds. The third-order valence-electron chi connectivity index (χ3n) is 2.68. The first-order chi connectivity index (χ1) is 10.2. The van der Waals surface area contributed by atoms with Gasteiger partial charge < -0.3 is 13.9 Å². The Morgan fingerprint density at radius 3 is 2.81 bits per heavy atom. The molecule has 2 heterocycles. The zero-order valence-electron chi connectivity index (χ0n) is 11.7. The number of hydrogen-bond acceptors (Lipinski definition) is 6. The standard InChI is InChI=1S/C14H14N2O5/c1-3-9-8-10(17)21-13-11(9)12(18)15-14(16-13)20-7-5-4-6-19-2/h8H,3,6-7H2,1-2H3,(H,15,16,18). The maximum absolute atomic E-state index is 12.0. The zero-order chi connectivity index (χ0) is 15.2. The van der Waals surface area contributed by atoms with Crippen molar-refractivity contribution >= 4 is 11.1 Å². The Hall–Kier alpha value is -2.59. The van der Waals surface area contributed by atoms with Crippen LogP contribution >= 0.6 is 0 Å². The number of methoxy groups -OCH3 is 1. The zero-order valence-corrected chi connectivity index (χ0v) is 11.7. The molecule has 7 nitrogen and oxygen atoms in total. The van der Waals surface area contributed by atoms with Crippen LogP contribution in [-0.2, 0) is 11.2 Å². The number of aromatic nitrogens is 2. The molecule has 0 unspecified atom stereocenters. The second-order valence-corrected chi connectivity index (χ2v) is 4.07. The number of nitrogens with one attached hydrogen (secondary N) is 1. The van der Waals surface area contributed by atoms with Crippen LogP contribution in [0.4, 0.5) is 0 Å². The first-order valence-corrected chi connectivity index (χ1v) is 6.30. The minimum Gasteiger partial charge on any atom is -0.451 e. The van der Waals surface area contributed by atoms with Crippen molar-refractivity contribution in [2.45, 2.75) is 13.3 Å². The van der Waals surface area contributed by atoms with Gasteiger partial charge in [0.05, 0.1) is 0 Å². The Labute approximate surface area is 119 Å². The molecule has 0 aromatic carbocycles. The molecule has 21 heavy (non-hydrogen) atoms. The van der Waals surface area contributed by atoms with Gasteiger partial charge in [0.1, 0.15) is 12.0 Å². The van der Waals surface area contributed by atoms with Crippen LogP contribution in [0.5, 0.6) is 6.01 Å². The van der Waals surface area contributed by atoms with E-state index in [1.54, 1.807) is 0 Å². The second kappa shape index (κ2) is 6.72. The normalized spacial score (nSPS) is 10.2. The van der Waals surface area contributed by atoms with Crippen molar-refractivity contribution in [1.82, 2.24) is 9.97 Å². The van der Waals surface area contributed by atoms with Crippen LogP contribution in [0, 0.1) is 11.8 Å². The summed E-state index contributed by atoms with van der Waals surface area (Å²) in [7, 11) is 1.53. The van der Waals surface area contributed by atoms with Crippen molar-refractivity contribution in [2.24, 2.45) is 0 Å². The number of hydrogen-bond donors (Lipinski definition) is 1. The van der Waals surface area contributed by atoms with Crippen LogP contribution in [0.25, 0.3) is 11.1 Å². The van der Waals surface area contributed by atoms with Crippen molar-refractivity contribution in [1.29, 1.82) is 0 Å². The maximum atomic E-state index is 12.0. The lowest BCUT2D eigenvalue weighted by Gasteiger charge is -2.04. The molecule has 0 saturated heterocycles. The number of ether oxygens (including phenoxy) is 2. The molecule has 0 saturated carbocycles. The highest BCUT2D eigenvalue weighted by molar-refractivity contribution is 5.75. The number of aromatic amines is 1.